The minimum absolute atomic E-state index is 0.0364. The van der Waals surface area contributed by atoms with Crippen LogP contribution in [0.15, 0.2) is 54.6 Å². The van der Waals surface area contributed by atoms with Gasteiger partial charge in [0.2, 0.25) is 0 Å². The molecule has 3 rings (SSSR count). The first-order chi connectivity index (χ1) is 13.8. The number of nitrogens with one attached hydrogen (secondary N) is 2. The van der Waals surface area contributed by atoms with Crippen LogP contribution in [0, 0.1) is 0 Å². The first-order valence-electron chi connectivity index (χ1n) is 9.43. The number of anilines is 1. The average Bonchev–Trinajstić information content (AvgIpc) is 2.73. The number of rotatable bonds is 4. The summed E-state index contributed by atoms with van der Waals surface area (Å²) in [7, 11) is 0. The Morgan fingerprint density at radius 3 is 2.31 bits per heavy atom. The Labute approximate surface area is 167 Å². The van der Waals surface area contributed by atoms with Crippen LogP contribution in [-0.2, 0) is 11.0 Å². The van der Waals surface area contributed by atoms with Gasteiger partial charge in [0.15, 0.2) is 6.04 Å². The van der Waals surface area contributed by atoms with Crippen LogP contribution in [0.3, 0.4) is 0 Å². The molecule has 29 heavy (non-hydrogen) atoms. The van der Waals surface area contributed by atoms with Gasteiger partial charge in [-0.15, -0.1) is 0 Å². The largest absolute Gasteiger partial charge is 0.416 e. The molecule has 0 saturated carbocycles. The molecule has 5 nitrogen and oxygen atoms in total. The highest BCUT2D eigenvalue weighted by Crippen LogP contribution is 2.30. The van der Waals surface area contributed by atoms with Crippen LogP contribution in [0.5, 0.6) is 0 Å². The van der Waals surface area contributed by atoms with Crippen molar-refractivity contribution in [2.24, 2.45) is 0 Å². The minimum atomic E-state index is -4.46. The Bertz CT molecular complexity index is 863. The first-order valence-corrected chi connectivity index (χ1v) is 9.43. The Kier molecular flexibility index (Phi) is 6.22. The smallest absolute Gasteiger partial charge is 0.327 e. The summed E-state index contributed by atoms with van der Waals surface area (Å²) in [6.07, 6.45) is -4.46. The van der Waals surface area contributed by atoms with Gasteiger partial charge < -0.3 is 15.1 Å². The molecule has 1 aliphatic rings. The summed E-state index contributed by atoms with van der Waals surface area (Å²) >= 11 is 0. The minimum Gasteiger partial charge on any atom is -0.327 e. The maximum Gasteiger partial charge on any atom is 0.416 e. The zero-order valence-corrected chi connectivity index (χ0v) is 16.0. The number of halogens is 3. The number of carbonyl (C=O) groups is 2. The molecule has 1 fully saturated rings. The number of benzene rings is 2. The Hall–Kier alpha value is -2.87. The van der Waals surface area contributed by atoms with Gasteiger partial charge >= 0.3 is 6.18 Å². The lowest BCUT2D eigenvalue weighted by Gasteiger charge is -2.34. The molecule has 1 saturated heterocycles. The molecule has 2 aromatic carbocycles. The molecule has 0 unspecified atom stereocenters. The maximum atomic E-state index is 12.8. The number of carbonyl (C=O) groups excluding carboxylic acids is 2. The van der Waals surface area contributed by atoms with Gasteiger partial charge in [-0.25, -0.2) is 0 Å². The molecule has 0 radical (unpaired) electrons. The van der Waals surface area contributed by atoms with Crippen LogP contribution in [-0.4, -0.2) is 48.9 Å². The number of piperazine rings is 1. The lowest BCUT2D eigenvalue weighted by Crippen LogP contribution is -3.19. The number of quaternary nitrogens is 1. The van der Waals surface area contributed by atoms with Gasteiger partial charge in [0.1, 0.15) is 0 Å². The van der Waals surface area contributed by atoms with Gasteiger partial charge in [0, 0.05) is 11.3 Å². The highest BCUT2D eigenvalue weighted by molar-refractivity contribution is 5.94. The molecule has 2 N–H and O–H groups in total. The Morgan fingerprint density at radius 1 is 1.03 bits per heavy atom. The third kappa shape index (κ3) is 5.14. The second-order valence-corrected chi connectivity index (χ2v) is 7.11. The fourth-order valence-corrected chi connectivity index (χ4v) is 3.40. The second kappa shape index (κ2) is 8.65. The number of hydrogen-bond donors (Lipinski definition) is 2. The molecule has 0 aliphatic carbocycles. The van der Waals surface area contributed by atoms with Crippen molar-refractivity contribution >= 4 is 17.5 Å². The van der Waals surface area contributed by atoms with Gasteiger partial charge in [-0.3, -0.25) is 9.59 Å². The molecule has 8 heteroatoms. The van der Waals surface area contributed by atoms with Crippen molar-refractivity contribution in [2.75, 3.05) is 31.5 Å². The van der Waals surface area contributed by atoms with Crippen molar-refractivity contribution < 1.29 is 27.7 Å². The molecule has 1 aliphatic heterocycles. The van der Waals surface area contributed by atoms with Gasteiger partial charge in [-0.1, -0.05) is 24.3 Å². The van der Waals surface area contributed by atoms with Gasteiger partial charge in [-0.05, 0) is 37.3 Å². The lowest BCUT2D eigenvalue weighted by atomic mass is 10.1. The van der Waals surface area contributed by atoms with E-state index >= 15 is 0 Å². The van der Waals surface area contributed by atoms with Crippen molar-refractivity contribution in [1.29, 1.82) is 0 Å². The summed E-state index contributed by atoms with van der Waals surface area (Å²) in [6.45, 7) is 3.97. The van der Waals surface area contributed by atoms with Crippen LogP contribution < -0.4 is 10.2 Å². The molecule has 154 valence electrons. The van der Waals surface area contributed by atoms with E-state index in [-0.39, 0.29) is 17.5 Å². The Morgan fingerprint density at radius 2 is 1.69 bits per heavy atom. The molecule has 0 spiro atoms. The summed E-state index contributed by atoms with van der Waals surface area (Å²) in [5, 5.41) is 2.57. The third-order valence-electron chi connectivity index (χ3n) is 5.18. The predicted octanol–water partition coefficient (Wildman–Crippen LogP) is 2.07. The van der Waals surface area contributed by atoms with Crippen LogP contribution in [0.25, 0.3) is 0 Å². The average molecular weight is 406 g/mol. The van der Waals surface area contributed by atoms with E-state index in [1.165, 1.54) is 12.1 Å². The topological polar surface area (TPSA) is 53.9 Å². The second-order valence-electron chi connectivity index (χ2n) is 7.11. The molecule has 1 atom stereocenters. The molecule has 2 aromatic rings. The van der Waals surface area contributed by atoms with E-state index in [2.05, 4.69) is 5.32 Å². The number of alkyl halides is 3. The van der Waals surface area contributed by atoms with Gasteiger partial charge in [0.05, 0.1) is 31.7 Å². The summed E-state index contributed by atoms with van der Waals surface area (Å²) in [4.78, 5) is 27.8. The fraction of sp³-hybridized carbons (Fsp3) is 0.333. The zero-order chi connectivity index (χ0) is 21.0. The quantitative estimate of drug-likeness (QED) is 0.817. The zero-order valence-electron chi connectivity index (χ0n) is 16.0. The number of amides is 2. The van der Waals surface area contributed by atoms with Crippen molar-refractivity contribution in [3.8, 4) is 0 Å². The maximum absolute atomic E-state index is 12.8. The van der Waals surface area contributed by atoms with Crippen LogP contribution in [0.4, 0.5) is 18.9 Å². The molecular formula is C21H23F3N3O2+. The van der Waals surface area contributed by atoms with Crippen LogP contribution >= 0.6 is 0 Å². The number of nitrogens with zero attached hydrogens (tertiary/aromatic N) is 1. The molecule has 0 bridgehead atoms. The van der Waals surface area contributed by atoms with Crippen LogP contribution in [0.2, 0.25) is 0 Å². The summed E-state index contributed by atoms with van der Waals surface area (Å²) in [5.74, 6) is -0.382. The summed E-state index contributed by atoms with van der Waals surface area (Å²) < 4.78 is 38.5. The summed E-state index contributed by atoms with van der Waals surface area (Å²) in [6, 6.07) is 13.2. The molecule has 0 aromatic heterocycles. The van der Waals surface area contributed by atoms with E-state index in [0.717, 1.165) is 17.0 Å². The van der Waals surface area contributed by atoms with Crippen molar-refractivity contribution in [2.45, 2.75) is 19.1 Å². The van der Waals surface area contributed by atoms with Gasteiger partial charge in [0.25, 0.3) is 11.8 Å². The molecular weight excluding hydrogens is 383 g/mol. The van der Waals surface area contributed by atoms with E-state index in [9.17, 15) is 22.8 Å². The van der Waals surface area contributed by atoms with Crippen molar-refractivity contribution in [3.63, 3.8) is 0 Å². The van der Waals surface area contributed by atoms with Crippen LogP contribution in [0.1, 0.15) is 22.8 Å². The standard InChI is InChI=1S/C21H22F3N3O2/c1-15(19(28)25-18-9-5-8-17(14-18)21(22,23)24)26-10-12-27(13-11-26)20(29)16-6-3-2-4-7-16/h2-9,14-15H,10-13H2,1H3,(H,25,28)/p+1/t15-/m0/s1. The fourth-order valence-electron chi connectivity index (χ4n) is 3.40. The normalized spacial score (nSPS) is 16.3. The highest BCUT2D eigenvalue weighted by atomic mass is 19.4. The number of hydrogen-bond acceptors (Lipinski definition) is 2. The van der Waals surface area contributed by atoms with Crippen molar-refractivity contribution in [1.82, 2.24) is 4.90 Å². The van der Waals surface area contributed by atoms with E-state index in [1.54, 1.807) is 24.0 Å². The van der Waals surface area contributed by atoms with E-state index in [4.69, 9.17) is 0 Å². The monoisotopic (exact) mass is 406 g/mol. The first kappa shape index (κ1) is 20.9. The van der Waals surface area contributed by atoms with E-state index in [1.807, 2.05) is 18.2 Å². The van der Waals surface area contributed by atoms with Crippen molar-refractivity contribution in [3.05, 3.63) is 65.7 Å². The predicted molar refractivity (Wildman–Crippen MR) is 103 cm³/mol. The molecule has 1 heterocycles. The van der Waals surface area contributed by atoms with E-state index < -0.39 is 17.8 Å². The lowest BCUT2D eigenvalue weighted by molar-refractivity contribution is -0.917. The Balaban J connectivity index is 1.56. The van der Waals surface area contributed by atoms with Gasteiger partial charge in [-0.2, -0.15) is 13.2 Å². The molecule has 2 amide bonds. The highest BCUT2D eigenvalue weighted by Gasteiger charge is 2.32. The third-order valence-corrected chi connectivity index (χ3v) is 5.18. The summed E-state index contributed by atoms with van der Waals surface area (Å²) in [5.41, 5.74) is -0.0522. The SMILES string of the molecule is C[C@@H](C(=O)Nc1cccc(C(F)(F)F)c1)[NH+]1CCN(C(=O)c2ccccc2)CC1. The van der Waals surface area contributed by atoms with E-state index in [0.29, 0.717) is 31.7 Å².